The van der Waals surface area contributed by atoms with Crippen LogP contribution < -0.4 is 5.73 Å². The molecule has 0 atom stereocenters. The lowest BCUT2D eigenvalue weighted by atomic mass is 9.77. The molecule has 108 valence electrons. The minimum Gasteiger partial charge on any atom is -0.396 e. The van der Waals surface area contributed by atoms with Crippen LogP contribution in [0.1, 0.15) is 64.7 Å². The molecule has 0 aliphatic heterocycles. The molecule has 0 spiro atoms. The summed E-state index contributed by atoms with van der Waals surface area (Å²) in [5.41, 5.74) is 5.90. The first-order valence-corrected chi connectivity index (χ1v) is 7.71. The number of unbranched alkanes of at least 4 members (excludes halogenated alkanes) is 2. The number of ether oxygens (including phenoxy) is 1. The Hall–Kier alpha value is -0.120. The highest BCUT2D eigenvalue weighted by Crippen LogP contribution is 2.36. The molecule has 1 rings (SSSR count). The van der Waals surface area contributed by atoms with Gasteiger partial charge in [-0.05, 0) is 50.9 Å². The minimum absolute atomic E-state index is 0.0382. The van der Waals surface area contributed by atoms with Crippen molar-refractivity contribution in [1.29, 1.82) is 0 Å². The topological polar surface area (TPSA) is 55.5 Å². The molecule has 0 unspecified atom stereocenters. The molecule has 18 heavy (non-hydrogen) atoms. The van der Waals surface area contributed by atoms with Crippen LogP contribution in [0.15, 0.2) is 0 Å². The normalized spacial score (nSPS) is 28.5. The van der Waals surface area contributed by atoms with Crippen LogP contribution in [0, 0.1) is 5.92 Å². The SMILES string of the molecule is CCCC1CCC(CN)(OCCCCCO)CC1. The van der Waals surface area contributed by atoms with Crippen LogP contribution in [0.25, 0.3) is 0 Å². The lowest BCUT2D eigenvalue weighted by Gasteiger charge is -2.39. The standard InChI is InChI=1S/C15H31NO2/c1-2-6-14-7-9-15(13-16,10-8-14)18-12-5-3-4-11-17/h14,17H,2-13,16H2,1H3. The Balaban J connectivity index is 2.23. The predicted molar refractivity (Wildman–Crippen MR) is 75.5 cm³/mol. The van der Waals surface area contributed by atoms with Crippen LogP contribution in [0.5, 0.6) is 0 Å². The van der Waals surface area contributed by atoms with Gasteiger partial charge < -0.3 is 15.6 Å². The van der Waals surface area contributed by atoms with Crippen molar-refractivity contribution in [3.8, 4) is 0 Å². The van der Waals surface area contributed by atoms with Crippen molar-refractivity contribution in [1.82, 2.24) is 0 Å². The molecule has 0 aromatic carbocycles. The summed E-state index contributed by atoms with van der Waals surface area (Å²) in [6.45, 7) is 4.02. The highest BCUT2D eigenvalue weighted by atomic mass is 16.5. The molecule has 1 aliphatic carbocycles. The average molecular weight is 257 g/mol. The van der Waals surface area contributed by atoms with E-state index in [4.69, 9.17) is 15.6 Å². The van der Waals surface area contributed by atoms with E-state index in [1.54, 1.807) is 0 Å². The Morgan fingerprint density at radius 2 is 1.94 bits per heavy atom. The van der Waals surface area contributed by atoms with Gasteiger partial charge in [0.25, 0.3) is 0 Å². The van der Waals surface area contributed by atoms with Gasteiger partial charge in [0.2, 0.25) is 0 Å². The zero-order valence-corrected chi connectivity index (χ0v) is 12.0. The quantitative estimate of drug-likeness (QED) is 0.624. The van der Waals surface area contributed by atoms with E-state index in [-0.39, 0.29) is 5.60 Å². The van der Waals surface area contributed by atoms with Gasteiger partial charge in [-0.1, -0.05) is 19.8 Å². The largest absolute Gasteiger partial charge is 0.396 e. The van der Waals surface area contributed by atoms with Gasteiger partial charge >= 0.3 is 0 Å². The fourth-order valence-corrected chi connectivity index (χ4v) is 2.99. The van der Waals surface area contributed by atoms with Crippen LogP contribution in [0.4, 0.5) is 0 Å². The Kier molecular flexibility index (Phi) is 7.87. The molecule has 3 heteroatoms. The monoisotopic (exact) mass is 257 g/mol. The van der Waals surface area contributed by atoms with Gasteiger partial charge in [-0.15, -0.1) is 0 Å². The maximum Gasteiger partial charge on any atom is 0.0804 e. The second kappa shape index (κ2) is 8.89. The van der Waals surface area contributed by atoms with E-state index < -0.39 is 0 Å². The average Bonchev–Trinajstić information content (AvgIpc) is 2.41. The molecular weight excluding hydrogens is 226 g/mol. The third-order valence-corrected chi connectivity index (χ3v) is 4.30. The molecular formula is C15H31NO2. The van der Waals surface area contributed by atoms with Crippen molar-refractivity contribution in [3.05, 3.63) is 0 Å². The summed E-state index contributed by atoms with van der Waals surface area (Å²) in [5, 5.41) is 8.73. The molecule has 1 fully saturated rings. The predicted octanol–water partition coefficient (Wildman–Crippen LogP) is 2.85. The van der Waals surface area contributed by atoms with Crippen LogP contribution in [-0.2, 0) is 4.74 Å². The molecule has 0 amide bonds. The fourth-order valence-electron chi connectivity index (χ4n) is 2.99. The third kappa shape index (κ3) is 5.25. The first-order chi connectivity index (χ1) is 8.76. The Labute approximate surface area is 112 Å². The van der Waals surface area contributed by atoms with Crippen LogP contribution in [0.3, 0.4) is 0 Å². The summed E-state index contributed by atoms with van der Waals surface area (Å²) in [7, 11) is 0. The number of aliphatic hydroxyl groups is 1. The number of hydrogen-bond donors (Lipinski definition) is 2. The number of nitrogens with two attached hydrogens (primary N) is 1. The van der Waals surface area contributed by atoms with Gasteiger partial charge in [-0.25, -0.2) is 0 Å². The molecule has 0 bridgehead atoms. The van der Waals surface area contributed by atoms with Crippen molar-refractivity contribution >= 4 is 0 Å². The second-order valence-electron chi connectivity index (χ2n) is 5.75. The number of hydrogen-bond acceptors (Lipinski definition) is 3. The van der Waals surface area contributed by atoms with Crippen molar-refractivity contribution in [2.45, 2.75) is 70.3 Å². The van der Waals surface area contributed by atoms with Crippen LogP contribution >= 0.6 is 0 Å². The van der Waals surface area contributed by atoms with Gasteiger partial charge in [-0.2, -0.15) is 0 Å². The van der Waals surface area contributed by atoms with E-state index in [2.05, 4.69) is 6.92 Å². The minimum atomic E-state index is -0.0382. The summed E-state index contributed by atoms with van der Waals surface area (Å²) >= 11 is 0. The van der Waals surface area contributed by atoms with E-state index in [1.165, 1.54) is 25.7 Å². The molecule has 3 N–H and O–H groups in total. The zero-order chi connectivity index (χ0) is 13.3. The van der Waals surface area contributed by atoms with Crippen molar-refractivity contribution < 1.29 is 9.84 Å². The fraction of sp³-hybridized carbons (Fsp3) is 1.00. The summed E-state index contributed by atoms with van der Waals surface area (Å²) in [4.78, 5) is 0. The van der Waals surface area contributed by atoms with E-state index in [1.807, 2.05) is 0 Å². The molecule has 1 aliphatic rings. The van der Waals surface area contributed by atoms with E-state index in [0.717, 1.165) is 44.6 Å². The van der Waals surface area contributed by atoms with Crippen LogP contribution in [-0.4, -0.2) is 30.5 Å². The first kappa shape index (κ1) is 15.9. The van der Waals surface area contributed by atoms with Gasteiger partial charge in [0, 0.05) is 19.8 Å². The van der Waals surface area contributed by atoms with Gasteiger partial charge in [0.1, 0.15) is 0 Å². The second-order valence-corrected chi connectivity index (χ2v) is 5.75. The van der Waals surface area contributed by atoms with Crippen molar-refractivity contribution in [3.63, 3.8) is 0 Å². The summed E-state index contributed by atoms with van der Waals surface area (Å²) in [5.74, 6) is 0.896. The molecule has 0 aromatic rings. The third-order valence-electron chi connectivity index (χ3n) is 4.30. The molecule has 0 saturated heterocycles. The molecule has 0 radical (unpaired) electrons. The zero-order valence-electron chi connectivity index (χ0n) is 12.0. The van der Waals surface area contributed by atoms with Crippen molar-refractivity contribution in [2.75, 3.05) is 19.8 Å². The van der Waals surface area contributed by atoms with Gasteiger partial charge in [0.15, 0.2) is 0 Å². The maximum absolute atomic E-state index is 8.73. The van der Waals surface area contributed by atoms with Gasteiger partial charge in [-0.3, -0.25) is 0 Å². The molecule has 0 heterocycles. The highest BCUT2D eigenvalue weighted by molar-refractivity contribution is 4.88. The molecule has 3 nitrogen and oxygen atoms in total. The number of aliphatic hydroxyl groups excluding tert-OH is 1. The smallest absolute Gasteiger partial charge is 0.0804 e. The Bertz CT molecular complexity index is 201. The van der Waals surface area contributed by atoms with Gasteiger partial charge in [0.05, 0.1) is 5.60 Å². The van der Waals surface area contributed by atoms with E-state index in [0.29, 0.717) is 13.2 Å². The van der Waals surface area contributed by atoms with Crippen LogP contribution in [0.2, 0.25) is 0 Å². The van der Waals surface area contributed by atoms with Crippen molar-refractivity contribution in [2.24, 2.45) is 11.7 Å². The molecule has 1 saturated carbocycles. The summed E-state index contributed by atoms with van der Waals surface area (Å²) in [6, 6.07) is 0. The van der Waals surface area contributed by atoms with E-state index >= 15 is 0 Å². The Morgan fingerprint density at radius 3 is 2.50 bits per heavy atom. The first-order valence-electron chi connectivity index (χ1n) is 7.71. The lowest BCUT2D eigenvalue weighted by Crippen LogP contribution is -2.44. The Morgan fingerprint density at radius 1 is 1.22 bits per heavy atom. The maximum atomic E-state index is 8.73. The summed E-state index contributed by atoms with van der Waals surface area (Å²) < 4.78 is 6.09. The molecule has 0 aromatic heterocycles. The highest BCUT2D eigenvalue weighted by Gasteiger charge is 2.34. The van der Waals surface area contributed by atoms with E-state index in [9.17, 15) is 0 Å². The lowest BCUT2D eigenvalue weighted by molar-refractivity contribution is -0.0730. The summed E-state index contributed by atoms with van der Waals surface area (Å²) in [6.07, 6.45) is 10.5. The number of rotatable bonds is 9.